The standard InChI is InChI=1S/C26H17Cl2N3O4S/c27-20-8-5-9-21(28)19(20)15-30-25(32)24(36-26(30)33)12-17-14-29(23-11-4-2-7-18(17)23)13-16-6-1-3-10-22(16)31(34)35/h1-12,14H,13,15H2/b24-12-. The van der Waals surface area contributed by atoms with Crippen LogP contribution in [0.3, 0.4) is 0 Å². The smallest absolute Gasteiger partial charge is 0.293 e. The Morgan fingerprint density at radius 2 is 1.61 bits per heavy atom. The van der Waals surface area contributed by atoms with Gasteiger partial charge in [0.15, 0.2) is 0 Å². The molecule has 0 unspecified atom stereocenters. The summed E-state index contributed by atoms with van der Waals surface area (Å²) in [6.07, 6.45) is 3.51. The third kappa shape index (κ3) is 4.51. The summed E-state index contributed by atoms with van der Waals surface area (Å²) in [4.78, 5) is 38.3. The molecule has 10 heteroatoms. The average molecular weight is 538 g/mol. The van der Waals surface area contributed by atoms with E-state index in [2.05, 4.69) is 0 Å². The number of benzene rings is 3. The molecule has 0 bridgehead atoms. The number of halogens is 2. The van der Waals surface area contributed by atoms with Crippen molar-refractivity contribution in [1.29, 1.82) is 0 Å². The number of hydrogen-bond donors (Lipinski definition) is 0. The highest BCUT2D eigenvalue weighted by molar-refractivity contribution is 8.18. The molecule has 1 aliphatic rings. The van der Waals surface area contributed by atoms with Gasteiger partial charge in [-0.15, -0.1) is 0 Å². The first-order valence-corrected chi connectivity index (χ1v) is 12.4. The molecular formula is C26H17Cl2N3O4S. The van der Waals surface area contributed by atoms with Crippen molar-refractivity contribution in [2.24, 2.45) is 0 Å². The van der Waals surface area contributed by atoms with Gasteiger partial charge in [0.05, 0.1) is 22.9 Å². The van der Waals surface area contributed by atoms with Gasteiger partial charge in [-0.05, 0) is 36.0 Å². The Balaban J connectivity index is 1.49. The number of amides is 2. The van der Waals surface area contributed by atoms with Crippen LogP contribution in [-0.4, -0.2) is 25.5 Å². The summed E-state index contributed by atoms with van der Waals surface area (Å²) < 4.78 is 1.90. The van der Waals surface area contributed by atoms with E-state index in [1.165, 1.54) is 6.07 Å². The molecule has 2 heterocycles. The van der Waals surface area contributed by atoms with Crippen LogP contribution >= 0.6 is 35.0 Å². The summed E-state index contributed by atoms with van der Waals surface area (Å²) in [5.74, 6) is -0.434. The first-order valence-electron chi connectivity index (χ1n) is 10.8. The molecule has 0 spiro atoms. The van der Waals surface area contributed by atoms with Crippen LogP contribution in [0.2, 0.25) is 10.0 Å². The average Bonchev–Trinajstić information content (AvgIpc) is 3.33. The Morgan fingerprint density at radius 1 is 0.917 bits per heavy atom. The molecule has 1 aliphatic heterocycles. The monoisotopic (exact) mass is 537 g/mol. The molecule has 0 saturated carbocycles. The van der Waals surface area contributed by atoms with Gasteiger partial charge in [-0.25, -0.2) is 0 Å². The number of para-hydroxylation sites is 2. The van der Waals surface area contributed by atoms with Gasteiger partial charge < -0.3 is 4.57 Å². The van der Waals surface area contributed by atoms with E-state index in [1.807, 2.05) is 35.0 Å². The number of thioether (sulfide) groups is 1. The van der Waals surface area contributed by atoms with E-state index in [0.717, 1.165) is 33.1 Å². The summed E-state index contributed by atoms with van der Waals surface area (Å²) in [5.41, 5.74) is 2.68. The minimum absolute atomic E-state index is 0.0278. The predicted octanol–water partition coefficient (Wildman–Crippen LogP) is 7.14. The van der Waals surface area contributed by atoms with E-state index in [4.69, 9.17) is 23.2 Å². The maximum Gasteiger partial charge on any atom is 0.293 e. The molecule has 0 atom stereocenters. The minimum Gasteiger partial charge on any atom is -0.342 e. The van der Waals surface area contributed by atoms with Crippen molar-refractivity contribution < 1.29 is 14.5 Å². The fourth-order valence-corrected chi connectivity index (χ4v) is 5.49. The third-order valence-electron chi connectivity index (χ3n) is 5.89. The van der Waals surface area contributed by atoms with Gasteiger partial charge in [0.1, 0.15) is 0 Å². The van der Waals surface area contributed by atoms with E-state index < -0.39 is 16.1 Å². The fraction of sp³-hybridized carbons (Fsp3) is 0.0769. The number of nitro benzene ring substituents is 1. The van der Waals surface area contributed by atoms with E-state index in [0.29, 0.717) is 21.2 Å². The van der Waals surface area contributed by atoms with E-state index in [9.17, 15) is 19.7 Å². The lowest BCUT2D eigenvalue weighted by Crippen LogP contribution is -2.27. The molecule has 4 aromatic rings. The quantitative estimate of drug-likeness (QED) is 0.148. The number of fused-ring (bicyclic) bond motifs is 1. The normalized spacial score (nSPS) is 14.8. The van der Waals surface area contributed by atoms with Crippen molar-refractivity contribution >= 4 is 68.8 Å². The highest BCUT2D eigenvalue weighted by atomic mass is 35.5. The lowest BCUT2D eigenvalue weighted by molar-refractivity contribution is -0.385. The molecular weight excluding hydrogens is 521 g/mol. The van der Waals surface area contributed by atoms with Crippen LogP contribution in [-0.2, 0) is 17.9 Å². The number of imide groups is 1. The predicted molar refractivity (Wildman–Crippen MR) is 142 cm³/mol. The van der Waals surface area contributed by atoms with E-state index in [-0.39, 0.29) is 23.7 Å². The van der Waals surface area contributed by atoms with Crippen LogP contribution in [0.4, 0.5) is 10.5 Å². The van der Waals surface area contributed by atoms with Crippen LogP contribution in [0, 0.1) is 10.1 Å². The molecule has 36 heavy (non-hydrogen) atoms. The number of carbonyl (C=O) groups is 2. The Morgan fingerprint density at radius 3 is 2.36 bits per heavy atom. The second-order valence-corrected chi connectivity index (χ2v) is 9.89. The van der Waals surface area contributed by atoms with Crippen molar-refractivity contribution in [2.45, 2.75) is 13.1 Å². The first kappa shape index (κ1) is 24.1. The summed E-state index contributed by atoms with van der Waals surface area (Å²) in [6, 6.07) is 19.2. The second-order valence-electron chi connectivity index (χ2n) is 8.08. The highest BCUT2D eigenvalue weighted by Gasteiger charge is 2.36. The maximum atomic E-state index is 13.1. The van der Waals surface area contributed by atoms with Crippen LogP contribution < -0.4 is 0 Å². The van der Waals surface area contributed by atoms with Crippen LogP contribution in [0.5, 0.6) is 0 Å². The van der Waals surface area contributed by atoms with Gasteiger partial charge in [0.25, 0.3) is 16.8 Å². The zero-order valence-electron chi connectivity index (χ0n) is 18.6. The Labute approximate surface area is 220 Å². The van der Waals surface area contributed by atoms with Crippen LogP contribution in [0.25, 0.3) is 17.0 Å². The molecule has 0 N–H and O–H groups in total. The summed E-state index contributed by atoms with van der Waals surface area (Å²) in [6.45, 7) is 0.248. The molecule has 1 saturated heterocycles. The van der Waals surface area contributed by atoms with Gasteiger partial charge in [0.2, 0.25) is 0 Å². The zero-order valence-corrected chi connectivity index (χ0v) is 20.9. The van der Waals surface area contributed by atoms with Gasteiger partial charge in [-0.3, -0.25) is 24.6 Å². The Bertz CT molecular complexity index is 1560. The molecule has 1 fully saturated rings. The van der Waals surface area contributed by atoms with Crippen molar-refractivity contribution in [3.63, 3.8) is 0 Å². The molecule has 0 aliphatic carbocycles. The minimum atomic E-state index is -0.434. The lowest BCUT2D eigenvalue weighted by Gasteiger charge is -2.14. The summed E-state index contributed by atoms with van der Waals surface area (Å²) in [7, 11) is 0. The van der Waals surface area contributed by atoms with Crippen LogP contribution in [0.15, 0.2) is 77.8 Å². The molecule has 3 aromatic carbocycles. The Kier molecular flexibility index (Phi) is 6.57. The van der Waals surface area contributed by atoms with E-state index >= 15 is 0 Å². The second kappa shape index (κ2) is 9.81. The molecule has 5 rings (SSSR count). The van der Waals surface area contributed by atoms with Crippen molar-refractivity contribution in [3.8, 4) is 0 Å². The zero-order chi connectivity index (χ0) is 25.4. The topological polar surface area (TPSA) is 85.5 Å². The van der Waals surface area contributed by atoms with Crippen molar-refractivity contribution in [2.75, 3.05) is 0 Å². The number of aromatic nitrogens is 1. The highest BCUT2D eigenvalue weighted by Crippen LogP contribution is 2.37. The molecule has 2 amide bonds. The number of nitro groups is 1. The fourth-order valence-electron chi connectivity index (χ4n) is 4.15. The molecule has 180 valence electrons. The molecule has 7 nitrogen and oxygen atoms in total. The van der Waals surface area contributed by atoms with Gasteiger partial charge in [0, 0.05) is 49.9 Å². The number of carbonyl (C=O) groups excluding carboxylic acids is 2. The van der Waals surface area contributed by atoms with Crippen molar-refractivity contribution in [1.82, 2.24) is 9.47 Å². The number of rotatable bonds is 6. The Hall–Kier alpha value is -3.59. The molecule has 1 aromatic heterocycles. The summed E-state index contributed by atoms with van der Waals surface area (Å²) in [5, 5.41) is 12.7. The number of hydrogen-bond acceptors (Lipinski definition) is 5. The van der Waals surface area contributed by atoms with Gasteiger partial charge in [-0.1, -0.05) is 65.7 Å². The SMILES string of the molecule is O=C1S/C(=C\c2cn(Cc3ccccc3[N+](=O)[O-])c3ccccc23)C(=O)N1Cc1c(Cl)cccc1Cl. The largest absolute Gasteiger partial charge is 0.342 e. The number of nitrogens with zero attached hydrogens (tertiary/aromatic N) is 3. The lowest BCUT2D eigenvalue weighted by atomic mass is 10.1. The van der Waals surface area contributed by atoms with Crippen molar-refractivity contribution in [3.05, 3.63) is 115 Å². The summed E-state index contributed by atoms with van der Waals surface area (Å²) >= 11 is 13.3. The molecule has 0 radical (unpaired) electrons. The van der Waals surface area contributed by atoms with Gasteiger partial charge in [-0.2, -0.15) is 0 Å². The van der Waals surface area contributed by atoms with Gasteiger partial charge >= 0.3 is 0 Å². The van der Waals surface area contributed by atoms with Crippen LogP contribution in [0.1, 0.15) is 16.7 Å². The maximum absolute atomic E-state index is 13.1. The third-order valence-corrected chi connectivity index (χ3v) is 7.50. The van der Waals surface area contributed by atoms with E-state index in [1.54, 1.807) is 42.5 Å². The first-order chi connectivity index (χ1) is 17.3.